The second kappa shape index (κ2) is 7.14. The normalized spacial score (nSPS) is 15.8. The molecule has 2 nitrogen and oxygen atoms in total. The molecule has 0 aromatic carbocycles. The van der Waals surface area contributed by atoms with Gasteiger partial charge in [0.1, 0.15) is 5.70 Å². The molecule has 0 bridgehead atoms. The molecule has 0 aromatic rings. The summed E-state index contributed by atoms with van der Waals surface area (Å²) < 4.78 is 0.932. The van der Waals surface area contributed by atoms with Gasteiger partial charge in [0.05, 0.1) is 26.3 Å². The first-order chi connectivity index (χ1) is 8.62. The molecule has 2 heteroatoms. The fourth-order valence-corrected chi connectivity index (χ4v) is 2.44. The van der Waals surface area contributed by atoms with Crippen molar-refractivity contribution in [1.82, 2.24) is 5.32 Å². The van der Waals surface area contributed by atoms with Gasteiger partial charge in [0.2, 0.25) is 0 Å². The molecule has 0 rings (SSSR count). The topological polar surface area (TPSA) is 12.0 Å². The molecule has 0 aromatic heterocycles. The van der Waals surface area contributed by atoms with Gasteiger partial charge < -0.3 is 5.32 Å². The van der Waals surface area contributed by atoms with Crippen LogP contribution in [0.4, 0.5) is 0 Å². The van der Waals surface area contributed by atoms with Crippen LogP contribution in [-0.2, 0) is 0 Å². The largest absolute Gasteiger partial charge is 0.379 e. The van der Waals surface area contributed by atoms with E-state index in [0.29, 0.717) is 5.92 Å². The van der Waals surface area contributed by atoms with Gasteiger partial charge >= 0.3 is 0 Å². The second-order valence-electron chi connectivity index (χ2n) is 6.69. The Bertz CT molecular complexity index is 324. The van der Waals surface area contributed by atoms with Crippen molar-refractivity contribution in [2.75, 3.05) is 20.6 Å². The Morgan fingerprint density at radius 1 is 1.26 bits per heavy atom. The van der Waals surface area contributed by atoms with Gasteiger partial charge in [0, 0.05) is 12.5 Å². The summed E-state index contributed by atoms with van der Waals surface area (Å²) in [6.45, 7) is 18.5. The number of quaternary nitrogens is 1. The van der Waals surface area contributed by atoms with Crippen LogP contribution < -0.4 is 5.32 Å². The maximum atomic E-state index is 4.00. The van der Waals surface area contributed by atoms with Gasteiger partial charge in [-0.1, -0.05) is 19.4 Å². The predicted octanol–water partition coefficient (Wildman–Crippen LogP) is 4.30. The van der Waals surface area contributed by atoms with Crippen LogP contribution in [0.2, 0.25) is 0 Å². The molecule has 1 atom stereocenters. The van der Waals surface area contributed by atoms with Gasteiger partial charge in [-0.25, -0.2) is 0 Å². The lowest BCUT2D eigenvalue weighted by Gasteiger charge is -2.37. The van der Waals surface area contributed by atoms with E-state index in [0.717, 1.165) is 11.0 Å². The summed E-state index contributed by atoms with van der Waals surface area (Å²) in [6.07, 6.45) is 4.47. The Kier molecular flexibility index (Phi) is 6.85. The van der Waals surface area contributed by atoms with E-state index in [2.05, 4.69) is 73.6 Å². The van der Waals surface area contributed by atoms with E-state index in [1.54, 1.807) is 0 Å². The smallest absolute Gasteiger partial charge is 0.124 e. The molecule has 0 aliphatic carbocycles. The van der Waals surface area contributed by atoms with Crippen LogP contribution in [0.15, 0.2) is 24.0 Å². The van der Waals surface area contributed by atoms with Crippen molar-refractivity contribution in [2.45, 2.75) is 59.9 Å². The molecule has 0 spiro atoms. The lowest BCUT2D eigenvalue weighted by atomic mass is 9.84. The Morgan fingerprint density at radius 2 is 1.79 bits per heavy atom. The third-order valence-electron chi connectivity index (χ3n) is 4.56. The average Bonchev–Trinajstić information content (AvgIpc) is 2.33. The summed E-state index contributed by atoms with van der Waals surface area (Å²) in [6, 6.07) is 0. The van der Waals surface area contributed by atoms with E-state index in [9.17, 15) is 0 Å². The van der Waals surface area contributed by atoms with Gasteiger partial charge in [-0.15, -0.1) is 6.58 Å². The first kappa shape index (κ1) is 18.2. The molecule has 1 N–H and O–H groups in total. The third kappa shape index (κ3) is 5.02. The van der Waals surface area contributed by atoms with Crippen LogP contribution in [0.25, 0.3) is 0 Å². The molecule has 0 saturated heterocycles. The summed E-state index contributed by atoms with van der Waals surface area (Å²) in [5, 5.41) is 3.72. The zero-order valence-corrected chi connectivity index (χ0v) is 14.4. The second-order valence-corrected chi connectivity index (χ2v) is 6.69. The first-order valence-corrected chi connectivity index (χ1v) is 7.54. The fourth-order valence-electron chi connectivity index (χ4n) is 2.44. The Morgan fingerprint density at radius 3 is 2.16 bits per heavy atom. The van der Waals surface area contributed by atoms with Crippen LogP contribution in [0.5, 0.6) is 0 Å². The summed E-state index contributed by atoms with van der Waals surface area (Å²) >= 11 is 0. The standard InChI is InChI=1S/C17H35N2/c1-10-13-16(11-2)17(6,7)18-14(4)15(5)19(8,9)12-3/h11,16,18H,2,10,12-13H2,1,3-9H3/q+1. The number of nitrogens with one attached hydrogen (secondary N) is 1. The maximum Gasteiger partial charge on any atom is 0.124 e. The molecule has 1 unspecified atom stereocenters. The predicted molar refractivity (Wildman–Crippen MR) is 86.8 cm³/mol. The molecule has 0 aliphatic rings. The van der Waals surface area contributed by atoms with Crippen LogP contribution in [0.1, 0.15) is 54.4 Å². The number of hydrogen-bond acceptors (Lipinski definition) is 1. The van der Waals surface area contributed by atoms with Crippen molar-refractivity contribution in [3.63, 3.8) is 0 Å². The Balaban J connectivity index is 5.10. The van der Waals surface area contributed by atoms with Gasteiger partial charge in [0.15, 0.2) is 0 Å². The number of hydrogen-bond donors (Lipinski definition) is 1. The van der Waals surface area contributed by atoms with Gasteiger partial charge in [-0.3, -0.25) is 4.48 Å². The minimum absolute atomic E-state index is 0.0524. The van der Waals surface area contributed by atoms with E-state index in [1.807, 2.05) is 0 Å². The summed E-state index contributed by atoms with van der Waals surface area (Å²) in [7, 11) is 4.51. The van der Waals surface area contributed by atoms with Crippen LogP contribution in [0, 0.1) is 5.92 Å². The molecule has 0 radical (unpaired) electrons. The van der Waals surface area contributed by atoms with Crippen molar-refractivity contribution in [3.05, 3.63) is 24.0 Å². The average molecular weight is 267 g/mol. The van der Waals surface area contributed by atoms with E-state index >= 15 is 0 Å². The lowest BCUT2D eigenvalue weighted by molar-refractivity contribution is -0.851. The Hall–Kier alpha value is -0.760. The van der Waals surface area contributed by atoms with Crippen molar-refractivity contribution < 1.29 is 4.48 Å². The molecule has 19 heavy (non-hydrogen) atoms. The van der Waals surface area contributed by atoms with Crippen molar-refractivity contribution in [3.8, 4) is 0 Å². The molecule has 0 amide bonds. The van der Waals surface area contributed by atoms with Crippen LogP contribution in [0.3, 0.4) is 0 Å². The zero-order chi connectivity index (χ0) is 15.3. The van der Waals surface area contributed by atoms with Crippen molar-refractivity contribution in [2.24, 2.45) is 5.92 Å². The quantitative estimate of drug-likeness (QED) is 0.510. The van der Waals surface area contributed by atoms with Crippen LogP contribution >= 0.6 is 0 Å². The lowest BCUT2D eigenvalue weighted by Crippen LogP contribution is -2.47. The highest BCUT2D eigenvalue weighted by molar-refractivity contribution is 5.08. The minimum atomic E-state index is 0.0524. The highest BCUT2D eigenvalue weighted by Gasteiger charge is 2.28. The van der Waals surface area contributed by atoms with Gasteiger partial charge in [0.25, 0.3) is 0 Å². The third-order valence-corrected chi connectivity index (χ3v) is 4.56. The summed E-state index contributed by atoms with van der Waals surface area (Å²) in [5.74, 6) is 0.498. The molecular weight excluding hydrogens is 232 g/mol. The number of rotatable bonds is 8. The SMILES string of the molecule is C=CC(CCC)C(C)(C)NC(C)=C(C)[N+](C)(C)CC. The van der Waals surface area contributed by atoms with Gasteiger partial charge in [-0.2, -0.15) is 0 Å². The highest BCUT2D eigenvalue weighted by Crippen LogP contribution is 2.25. The fraction of sp³-hybridized carbons (Fsp3) is 0.765. The van der Waals surface area contributed by atoms with E-state index in [4.69, 9.17) is 0 Å². The zero-order valence-electron chi connectivity index (χ0n) is 14.4. The summed E-state index contributed by atoms with van der Waals surface area (Å²) in [5.41, 5.74) is 2.74. The van der Waals surface area contributed by atoms with Crippen LogP contribution in [-0.4, -0.2) is 30.7 Å². The molecular formula is C17H35N2+. The van der Waals surface area contributed by atoms with E-state index in [-0.39, 0.29) is 5.54 Å². The van der Waals surface area contributed by atoms with E-state index in [1.165, 1.54) is 24.2 Å². The minimum Gasteiger partial charge on any atom is -0.379 e. The summed E-state index contributed by atoms with van der Waals surface area (Å²) in [4.78, 5) is 0. The number of allylic oxidation sites excluding steroid dienone is 2. The molecule has 0 saturated carbocycles. The molecule has 0 fully saturated rings. The van der Waals surface area contributed by atoms with Crippen molar-refractivity contribution in [1.29, 1.82) is 0 Å². The number of nitrogens with zero attached hydrogens (tertiary/aromatic N) is 1. The Labute approximate surface area is 121 Å². The van der Waals surface area contributed by atoms with Gasteiger partial charge in [-0.05, 0) is 40.0 Å². The van der Waals surface area contributed by atoms with E-state index < -0.39 is 0 Å². The highest BCUT2D eigenvalue weighted by atomic mass is 15.3. The monoisotopic (exact) mass is 267 g/mol. The first-order valence-electron chi connectivity index (χ1n) is 7.54. The maximum absolute atomic E-state index is 4.00. The van der Waals surface area contributed by atoms with Crippen molar-refractivity contribution >= 4 is 0 Å². The molecule has 0 heterocycles. The molecule has 0 aliphatic heterocycles. The molecule has 112 valence electrons.